The van der Waals surface area contributed by atoms with E-state index in [1.807, 2.05) is 0 Å². The highest BCUT2D eigenvalue weighted by Gasteiger charge is 2.24. The summed E-state index contributed by atoms with van der Waals surface area (Å²) < 4.78 is 32.3. The Morgan fingerprint density at radius 1 is 1.38 bits per heavy atom. The molecule has 0 aliphatic carbocycles. The van der Waals surface area contributed by atoms with Gasteiger partial charge in [-0.05, 0) is 6.07 Å². The van der Waals surface area contributed by atoms with Crippen LogP contribution in [0.4, 0.5) is 5.69 Å². The first kappa shape index (κ1) is 12.1. The normalized spacial score (nSPS) is 10.8. The molecule has 0 amide bonds. The summed E-state index contributed by atoms with van der Waals surface area (Å²) in [6.07, 6.45) is 0. The number of benzene rings is 1. The molecule has 9 heteroatoms. The Balaban J connectivity index is 3.14. The number of carbonyl (C=O) groups is 1. The van der Waals surface area contributed by atoms with E-state index in [9.17, 15) is 23.3 Å². The fourth-order valence-electron chi connectivity index (χ4n) is 0.946. The van der Waals surface area contributed by atoms with Crippen LogP contribution in [0.15, 0.2) is 24.3 Å². The Kier molecular flexibility index (Phi) is 3.20. The number of nitro groups is 1. The van der Waals surface area contributed by atoms with Crippen molar-refractivity contribution in [3.8, 4) is 0 Å². The molecule has 0 aromatic heterocycles. The average molecular weight is 247 g/mol. The summed E-state index contributed by atoms with van der Waals surface area (Å²) in [5.74, 6) is -1.52. The molecule has 0 atom stereocenters. The van der Waals surface area contributed by atoms with Gasteiger partial charge in [0.2, 0.25) is 0 Å². The molecule has 8 nitrogen and oxygen atoms in total. The van der Waals surface area contributed by atoms with Crippen molar-refractivity contribution in [2.45, 2.75) is 0 Å². The molecule has 86 valence electrons. The standard InChI is InChI=1S/C7H5NO7S/c9-7(15-16(12,13)14)5-3-1-2-4-6(5)8(10)11/h1-4H,(H,12,13,14). The van der Waals surface area contributed by atoms with Crippen LogP contribution in [0.1, 0.15) is 10.4 Å². The number of carbonyl (C=O) groups excluding carboxylic acids is 1. The Morgan fingerprint density at radius 3 is 2.44 bits per heavy atom. The van der Waals surface area contributed by atoms with Gasteiger partial charge in [-0.2, -0.15) is 8.42 Å². The van der Waals surface area contributed by atoms with Crippen molar-refractivity contribution in [2.24, 2.45) is 0 Å². The molecular formula is C7H5NO7S. The lowest BCUT2D eigenvalue weighted by Gasteiger charge is -2.00. The van der Waals surface area contributed by atoms with Crippen molar-refractivity contribution in [1.29, 1.82) is 0 Å². The van der Waals surface area contributed by atoms with E-state index < -0.39 is 32.5 Å². The largest absolute Gasteiger partial charge is 0.449 e. The zero-order chi connectivity index (χ0) is 12.3. The summed E-state index contributed by atoms with van der Waals surface area (Å²) in [5, 5.41) is 10.5. The molecule has 0 saturated heterocycles. The summed E-state index contributed by atoms with van der Waals surface area (Å²) >= 11 is 0. The molecular weight excluding hydrogens is 242 g/mol. The Labute approximate surface area is 89.6 Å². The SMILES string of the molecule is O=C(OS(=O)(=O)O)c1ccccc1[N+](=O)[O-]. The third kappa shape index (κ3) is 3.00. The number of nitrogens with zero attached hydrogens (tertiary/aromatic N) is 1. The van der Waals surface area contributed by atoms with Crippen molar-refractivity contribution in [2.75, 3.05) is 0 Å². The molecule has 0 spiro atoms. The first-order valence-corrected chi connectivity index (χ1v) is 5.12. The van der Waals surface area contributed by atoms with Crippen molar-refractivity contribution in [3.05, 3.63) is 39.9 Å². The molecule has 0 heterocycles. The van der Waals surface area contributed by atoms with Crippen molar-refractivity contribution >= 4 is 22.1 Å². The quantitative estimate of drug-likeness (QED) is 0.469. The van der Waals surface area contributed by atoms with Crippen LogP contribution < -0.4 is 0 Å². The Morgan fingerprint density at radius 2 is 1.94 bits per heavy atom. The number of hydrogen-bond donors (Lipinski definition) is 1. The van der Waals surface area contributed by atoms with Gasteiger partial charge < -0.3 is 4.18 Å². The summed E-state index contributed by atoms with van der Waals surface area (Å²) in [7, 11) is -4.99. The lowest BCUT2D eigenvalue weighted by Crippen LogP contribution is -2.13. The van der Waals surface area contributed by atoms with Crippen LogP contribution in [0, 0.1) is 10.1 Å². The van der Waals surface area contributed by atoms with Crippen LogP contribution in [-0.2, 0) is 14.6 Å². The van der Waals surface area contributed by atoms with Crippen LogP contribution in [0.2, 0.25) is 0 Å². The van der Waals surface area contributed by atoms with Gasteiger partial charge in [-0.3, -0.25) is 14.7 Å². The molecule has 0 saturated carbocycles. The van der Waals surface area contributed by atoms with E-state index >= 15 is 0 Å². The molecule has 16 heavy (non-hydrogen) atoms. The third-order valence-corrected chi connectivity index (χ3v) is 1.86. The Bertz CT molecular complexity index is 535. The molecule has 1 rings (SSSR count). The highest BCUT2D eigenvalue weighted by molar-refractivity contribution is 7.81. The lowest BCUT2D eigenvalue weighted by molar-refractivity contribution is -0.385. The average Bonchev–Trinajstić information content (AvgIpc) is 2.15. The number of rotatable bonds is 3. The monoisotopic (exact) mass is 247 g/mol. The topological polar surface area (TPSA) is 124 Å². The number of nitro benzene ring substituents is 1. The van der Waals surface area contributed by atoms with E-state index in [0.717, 1.165) is 12.1 Å². The first-order valence-electron chi connectivity index (χ1n) is 3.76. The number of hydrogen-bond acceptors (Lipinski definition) is 6. The minimum Gasteiger partial charge on any atom is -0.320 e. The maximum Gasteiger partial charge on any atom is 0.449 e. The highest BCUT2D eigenvalue weighted by atomic mass is 32.3. The van der Waals surface area contributed by atoms with E-state index in [-0.39, 0.29) is 0 Å². The summed E-state index contributed by atoms with van der Waals surface area (Å²) in [4.78, 5) is 20.7. The van der Waals surface area contributed by atoms with Gasteiger partial charge >= 0.3 is 16.4 Å². The van der Waals surface area contributed by atoms with E-state index in [4.69, 9.17) is 4.55 Å². The van der Waals surface area contributed by atoms with Crippen molar-refractivity contribution < 1.29 is 26.9 Å². The molecule has 0 aliphatic rings. The van der Waals surface area contributed by atoms with E-state index in [2.05, 4.69) is 4.18 Å². The number of para-hydroxylation sites is 1. The van der Waals surface area contributed by atoms with E-state index in [0.29, 0.717) is 0 Å². The minimum absolute atomic E-state index is 0.565. The zero-order valence-electron chi connectivity index (χ0n) is 7.56. The van der Waals surface area contributed by atoms with Gasteiger partial charge in [-0.1, -0.05) is 12.1 Å². The highest BCUT2D eigenvalue weighted by Crippen LogP contribution is 2.18. The van der Waals surface area contributed by atoms with Gasteiger partial charge in [0.25, 0.3) is 5.69 Å². The van der Waals surface area contributed by atoms with E-state index in [1.54, 1.807) is 0 Å². The van der Waals surface area contributed by atoms with Gasteiger partial charge in [-0.15, -0.1) is 0 Å². The fraction of sp³-hybridized carbons (Fsp3) is 0. The first-order chi connectivity index (χ1) is 7.31. The van der Waals surface area contributed by atoms with Crippen molar-refractivity contribution in [3.63, 3.8) is 0 Å². The smallest absolute Gasteiger partial charge is 0.320 e. The molecule has 0 radical (unpaired) electrons. The second-order valence-electron chi connectivity index (χ2n) is 2.57. The van der Waals surface area contributed by atoms with Crippen LogP contribution >= 0.6 is 0 Å². The molecule has 1 N–H and O–H groups in total. The van der Waals surface area contributed by atoms with Gasteiger partial charge in [-0.25, -0.2) is 4.79 Å². The molecule has 1 aromatic carbocycles. The van der Waals surface area contributed by atoms with Gasteiger partial charge in [0.1, 0.15) is 5.56 Å². The molecule has 0 fully saturated rings. The maximum atomic E-state index is 11.1. The van der Waals surface area contributed by atoms with Crippen molar-refractivity contribution in [1.82, 2.24) is 0 Å². The second kappa shape index (κ2) is 4.24. The van der Waals surface area contributed by atoms with E-state index in [1.165, 1.54) is 12.1 Å². The summed E-state index contributed by atoms with van der Waals surface area (Å²) in [5.41, 5.74) is -1.18. The zero-order valence-corrected chi connectivity index (χ0v) is 8.38. The molecule has 1 aromatic rings. The Hall–Kier alpha value is -2.00. The molecule has 0 bridgehead atoms. The van der Waals surface area contributed by atoms with Crippen LogP contribution in [0.3, 0.4) is 0 Å². The van der Waals surface area contributed by atoms with Gasteiger partial charge in [0.05, 0.1) is 4.92 Å². The third-order valence-electron chi connectivity index (χ3n) is 1.50. The van der Waals surface area contributed by atoms with Crippen LogP contribution in [0.25, 0.3) is 0 Å². The van der Waals surface area contributed by atoms with Gasteiger partial charge in [0, 0.05) is 6.07 Å². The van der Waals surface area contributed by atoms with Crippen LogP contribution in [0.5, 0.6) is 0 Å². The summed E-state index contributed by atoms with van der Waals surface area (Å²) in [6.45, 7) is 0. The fourth-order valence-corrected chi connectivity index (χ4v) is 1.23. The van der Waals surface area contributed by atoms with Crippen LogP contribution in [-0.4, -0.2) is 23.9 Å². The second-order valence-corrected chi connectivity index (χ2v) is 3.59. The lowest BCUT2D eigenvalue weighted by atomic mass is 10.2. The minimum atomic E-state index is -4.99. The maximum absolute atomic E-state index is 11.1. The molecule has 0 unspecified atom stereocenters. The summed E-state index contributed by atoms with van der Waals surface area (Å²) in [6, 6.07) is 4.59. The molecule has 0 aliphatic heterocycles. The van der Waals surface area contributed by atoms with Gasteiger partial charge in [0.15, 0.2) is 0 Å². The predicted molar refractivity (Wildman–Crippen MR) is 50.1 cm³/mol. The predicted octanol–water partition coefficient (Wildman–Crippen LogP) is 0.554.